The Labute approximate surface area is 172 Å². The van der Waals surface area contributed by atoms with Crippen LogP contribution < -0.4 is 10.3 Å². The first-order chi connectivity index (χ1) is 14.8. The summed E-state index contributed by atoms with van der Waals surface area (Å²) in [7, 11) is 0. The van der Waals surface area contributed by atoms with Gasteiger partial charge in [-0.2, -0.15) is 5.10 Å². The van der Waals surface area contributed by atoms with Crippen molar-refractivity contribution in [3.05, 3.63) is 101 Å². The van der Waals surface area contributed by atoms with Crippen LogP contribution in [0.25, 0.3) is 33.4 Å². The molecule has 0 saturated carbocycles. The maximum Gasteiger partial charge on any atom is 0.273 e. The number of benzene rings is 2. The smallest absolute Gasteiger partial charge is 0.273 e. The number of aromatic nitrogens is 4. The third kappa shape index (κ3) is 3.58. The molecule has 0 atom stereocenters. The van der Waals surface area contributed by atoms with Crippen molar-refractivity contribution in [2.24, 2.45) is 0 Å². The summed E-state index contributed by atoms with van der Waals surface area (Å²) in [5, 5.41) is 7.74. The van der Waals surface area contributed by atoms with Gasteiger partial charge in [0.1, 0.15) is 12.4 Å². The van der Waals surface area contributed by atoms with Crippen LogP contribution in [0.4, 0.5) is 0 Å². The average Bonchev–Trinajstić information content (AvgIpc) is 3.22. The van der Waals surface area contributed by atoms with Gasteiger partial charge < -0.3 is 9.72 Å². The number of nitrogens with zero attached hydrogens (tertiary/aromatic N) is 2. The van der Waals surface area contributed by atoms with Crippen molar-refractivity contribution in [2.75, 3.05) is 0 Å². The first kappa shape index (κ1) is 17.9. The summed E-state index contributed by atoms with van der Waals surface area (Å²) in [6.45, 7) is 0.499. The van der Waals surface area contributed by atoms with Gasteiger partial charge in [0, 0.05) is 34.9 Å². The van der Waals surface area contributed by atoms with E-state index in [1.54, 1.807) is 18.5 Å². The third-order valence-corrected chi connectivity index (χ3v) is 4.91. The Morgan fingerprint density at radius 3 is 2.57 bits per heavy atom. The maximum atomic E-state index is 12.4. The topological polar surface area (TPSA) is 83.7 Å². The molecule has 0 fully saturated rings. The van der Waals surface area contributed by atoms with Crippen LogP contribution in [0.15, 0.2) is 90.0 Å². The summed E-state index contributed by atoms with van der Waals surface area (Å²) < 4.78 is 5.91. The second-order valence-electron chi connectivity index (χ2n) is 6.94. The Bertz CT molecular complexity index is 1360. The minimum atomic E-state index is -0.250. The fraction of sp³-hybridized carbons (Fsp3) is 0.0417. The SMILES string of the molecule is O=c1[nH]nc(-c2ccncc2)cc1-c1cc2ccc(OCc3ccccc3)cc2[nH]1. The van der Waals surface area contributed by atoms with Crippen LogP contribution >= 0.6 is 0 Å². The zero-order valence-electron chi connectivity index (χ0n) is 16.0. The molecule has 0 bridgehead atoms. The third-order valence-electron chi connectivity index (χ3n) is 4.91. The van der Waals surface area contributed by atoms with Crippen molar-refractivity contribution in [1.29, 1.82) is 0 Å². The number of pyridine rings is 1. The lowest BCUT2D eigenvalue weighted by Crippen LogP contribution is -2.11. The summed E-state index contributed by atoms with van der Waals surface area (Å²) >= 11 is 0. The number of rotatable bonds is 5. The van der Waals surface area contributed by atoms with Gasteiger partial charge in [0.15, 0.2) is 0 Å². The fourth-order valence-corrected chi connectivity index (χ4v) is 3.36. The molecule has 0 unspecified atom stereocenters. The molecule has 0 aliphatic carbocycles. The molecule has 0 radical (unpaired) electrons. The first-order valence-corrected chi connectivity index (χ1v) is 9.56. The van der Waals surface area contributed by atoms with Crippen molar-refractivity contribution in [2.45, 2.75) is 6.61 Å². The Morgan fingerprint density at radius 1 is 0.900 bits per heavy atom. The molecule has 0 saturated heterocycles. The van der Waals surface area contributed by atoms with Crippen LogP contribution in [-0.4, -0.2) is 20.2 Å². The Balaban J connectivity index is 1.46. The van der Waals surface area contributed by atoms with Gasteiger partial charge in [0.2, 0.25) is 0 Å². The van der Waals surface area contributed by atoms with Crippen LogP contribution in [0.5, 0.6) is 5.75 Å². The second kappa shape index (κ2) is 7.67. The number of nitrogens with one attached hydrogen (secondary N) is 2. The Morgan fingerprint density at radius 2 is 1.73 bits per heavy atom. The van der Waals surface area contributed by atoms with Crippen LogP contribution in [0, 0.1) is 0 Å². The first-order valence-electron chi connectivity index (χ1n) is 9.56. The van der Waals surface area contributed by atoms with E-state index in [2.05, 4.69) is 20.2 Å². The summed E-state index contributed by atoms with van der Waals surface area (Å²) in [6.07, 6.45) is 3.39. The van der Waals surface area contributed by atoms with Gasteiger partial charge in [-0.1, -0.05) is 30.3 Å². The van der Waals surface area contributed by atoms with E-state index in [-0.39, 0.29) is 5.56 Å². The van der Waals surface area contributed by atoms with Gasteiger partial charge in [-0.25, -0.2) is 5.10 Å². The minimum absolute atomic E-state index is 0.250. The molecule has 0 aliphatic rings. The molecule has 0 amide bonds. The van der Waals surface area contributed by atoms with Crippen LogP contribution in [0.3, 0.4) is 0 Å². The lowest BCUT2D eigenvalue weighted by molar-refractivity contribution is 0.306. The number of aromatic amines is 2. The maximum absolute atomic E-state index is 12.4. The monoisotopic (exact) mass is 394 g/mol. The molecule has 6 nitrogen and oxygen atoms in total. The van der Waals surface area contributed by atoms with E-state index in [4.69, 9.17) is 4.74 Å². The average molecular weight is 394 g/mol. The zero-order valence-corrected chi connectivity index (χ0v) is 16.0. The van der Waals surface area contributed by atoms with Gasteiger partial charge in [-0.05, 0) is 42.0 Å². The molecule has 30 heavy (non-hydrogen) atoms. The van der Waals surface area contributed by atoms with Gasteiger partial charge in [-0.3, -0.25) is 9.78 Å². The molecule has 0 spiro atoms. The zero-order chi connectivity index (χ0) is 20.3. The highest BCUT2D eigenvalue weighted by Gasteiger charge is 2.11. The predicted molar refractivity (Wildman–Crippen MR) is 116 cm³/mol. The molecule has 5 rings (SSSR count). The summed E-state index contributed by atoms with van der Waals surface area (Å²) in [4.78, 5) is 19.8. The quantitative estimate of drug-likeness (QED) is 0.458. The predicted octanol–water partition coefficient (Wildman–Crippen LogP) is 4.56. The molecule has 0 aliphatic heterocycles. The number of H-pyrrole nitrogens is 2. The number of fused-ring (bicyclic) bond motifs is 1. The molecule has 2 aromatic carbocycles. The van der Waals surface area contributed by atoms with Gasteiger partial charge in [0.05, 0.1) is 17.0 Å². The van der Waals surface area contributed by atoms with E-state index in [1.807, 2.05) is 66.7 Å². The van der Waals surface area contributed by atoms with E-state index in [0.29, 0.717) is 17.9 Å². The summed E-state index contributed by atoms with van der Waals surface area (Å²) in [6, 6.07) is 23.3. The number of hydrogen-bond donors (Lipinski definition) is 2. The molecule has 3 aromatic heterocycles. The molecular weight excluding hydrogens is 376 g/mol. The fourth-order valence-electron chi connectivity index (χ4n) is 3.36. The highest BCUT2D eigenvalue weighted by Crippen LogP contribution is 2.27. The largest absolute Gasteiger partial charge is 0.489 e. The number of ether oxygens (including phenoxy) is 1. The van der Waals surface area contributed by atoms with Crippen LogP contribution in [-0.2, 0) is 6.61 Å². The van der Waals surface area contributed by atoms with Crippen molar-refractivity contribution in [3.63, 3.8) is 0 Å². The van der Waals surface area contributed by atoms with Gasteiger partial charge >= 0.3 is 0 Å². The van der Waals surface area contributed by atoms with E-state index in [1.165, 1.54) is 0 Å². The van der Waals surface area contributed by atoms with Gasteiger partial charge in [0.25, 0.3) is 5.56 Å². The summed E-state index contributed by atoms with van der Waals surface area (Å²) in [5.74, 6) is 0.765. The second-order valence-corrected chi connectivity index (χ2v) is 6.94. The van der Waals surface area contributed by atoms with Crippen molar-refractivity contribution < 1.29 is 4.74 Å². The highest BCUT2D eigenvalue weighted by molar-refractivity contribution is 5.87. The minimum Gasteiger partial charge on any atom is -0.489 e. The van der Waals surface area contributed by atoms with E-state index < -0.39 is 0 Å². The van der Waals surface area contributed by atoms with Crippen molar-refractivity contribution >= 4 is 10.9 Å². The molecular formula is C24H18N4O2. The lowest BCUT2D eigenvalue weighted by Gasteiger charge is -2.06. The summed E-state index contributed by atoms with van der Waals surface area (Å²) in [5.41, 5.74) is 4.57. The molecule has 146 valence electrons. The molecule has 3 heterocycles. The van der Waals surface area contributed by atoms with Crippen LogP contribution in [0.2, 0.25) is 0 Å². The number of hydrogen-bond acceptors (Lipinski definition) is 4. The lowest BCUT2D eigenvalue weighted by atomic mass is 10.1. The Hall–Kier alpha value is -4.19. The standard InChI is InChI=1S/C24H18N4O2/c29-24-20(14-22(27-28-24)17-8-10-25-11-9-17)23-12-18-6-7-19(13-21(18)26-23)30-15-16-4-2-1-3-5-16/h1-14,26H,15H2,(H,28,29). The van der Waals surface area contributed by atoms with Crippen molar-refractivity contribution in [1.82, 2.24) is 20.2 Å². The Kier molecular flexibility index (Phi) is 4.57. The normalized spacial score (nSPS) is 10.9. The molecule has 6 heteroatoms. The van der Waals surface area contributed by atoms with Crippen LogP contribution in [0.1, 0.15) is 5.56 Å². The van der Waals surface area contributed by atoms with E-state index in [0.717, 1.165) is 33.5 Å². The van der Waals surface area contributed by atoms with E-state index in [9.17, 15) is 4.79 Å². The van der Waals surface area contributed by atoms with Crippen molar-refractivity contribution in [3.8, 4) is 28.3 Å². The molecule has 2 N–H and O–H groups in total. The molecule has 5 aromatic rings. The van der Waals surface area contributed by atoms with E-state index >= 15 is 0 Å². The highest BCUT2D eigenvalue weighted by atomic mass is 16.5. The van der Waals surface area contributed by atoms with Gasteiger partial charge in [-0.15, -0.1) is 0 Å².